The highest BCUT2D eigenvalue weighted by Crippen LogP contribution is 2.31. The molecule has 0 radical (unpaired) electrons. The summed E-state index contributed by atoms with van der Waals surface area (Å²) in [5.41, 5.74) is 2.45. The summed E-state index contributed by atoms with van der Waals surface area (Å²) in [5.74, 6) is -0.387. The Bertz CT molecular complexity index is 819. The summed E-state index contributed by atoms with van der Waals surface area (Å²) >= 11 is 13.5. The van der Waals surface area contributed by atoms with Crippen LogP contribution in [-0.2, 0) is 17.6 Å². The van der Waals surface area contributed by atoms with Crippen molar-refractivity contribution in [2.75, 3.05) is 18.9 Å². The van der Waals surface area contributed by atoms with E-state index in [1.807, 2.05) is 5.38 Å². The van der Waals surface area contributed by atoms with Crippen molar-refractivity contribution in [2.45, 2.75) is 25.7 Å². The van der Waals surface area contributed by atoms with Gasteiger partial charge in [0.05, 0.1) is 22.2 Å². The highest BCUT2D eigenvalue weighted by atomic mass is 35.5. The van der Waals surface area contributed by atoms with Gasteiger partial charge in [0.15, 0.2) is 0 Å². The topological polar surface area (TPSA) is 49.4 Å². The first-order valence-corrected chi connectivity index (χ1v) is 9.69. The van der Waals surface area contributed by atoms with Gasteiger partial charge in [-0.2, -0.15) is 0 Å². The molecule has 1 heterocycles. The number of thiophene rings is 1. The van der Waals surface area contributed by atoms with E-state index in [0.29, 0.717) is 15.7 Å². The Morgan fingerprint density at radius 2 is 1.96 bits per heavy atom. The van der Waals surface area contributed by atoms with Gasteiger partial charge in [-0.15, -0.1) is 11.3 Å². The van der Waals surface area contributed by atoms with Crippen LogP contribution in [0.5, 0.6) is 0 Å². The molecular weight excluding hydrogens is 379 g/mol. The van der Waals surface area contributed by atoms with Gasteiger partial charge in [-0.3, -0.25) is 9.59 Å². The van der Waals surface area contributed by atoms with E-state index >= 15 is 0 Å². The van der Waals surface area contributed by atoms with Crippen LogP contribution >= 0.6 is 34.5 Å². The summed E-state index contributed by atoms with van der Waals surface area (Å²) < 4.78 is 0. The molecule has 132 valence electrons. The summed E-state index contributed by atoms with van der Waals surface area (Å²) in [5, 5.41) is 5.45. The quantitative estimate of drug-likeness (QED) is 0.817. The largest absolute Gasteiger partial charge is 0.332 e. The van der Waals surface area contributed by atoms with Gasteiger partial charge in [0, 0.05) is 23.0 Å². The van der Waals surface area contributed by atoms with E-state index in [1.54, 1.807) is 36.6 Å². The molecule has 1 aliphatic rings. The predicted octanol–water partition coefficient (Wildman–Crippen LogP) is 4.64. The minimum atomic E-state index is -0.279. The number of nitrogens with one attached hydrogen (secondary N) is 1. The second-order valence-corrected chi connectivity index (χ2v) is 7.88. The molecule has 1 aliphatic carbocycles. The number of halogens is 2. The minimum absolute atomic E-state index is 0.0241. The van der Waals surface area contributed by atoms with Gasteiger partial charge in [0.1, 0.15) is 0 Å². The number of hydrogen-bond donors (Lipinski definition) is 1. The molecule has 0 unspecified atom stereocenters. The van der Waals surface area contributed by atoms with Gasteiger partial charge in [-0.05, 0) is 49.4 Å². The van der Waals surface area contributed by atoms with Crippen molar-refractivity contribution in [1.82, 2.24) is 4.90 Å². The molecule has 1 aromatic heterocycles. The molecule has 7 heteroatoms. The molecule has 0 bridgehead atoms. The van der Waals surface area contributed by atoms with E-state index in [2.05, 4.69) is 5.32 Å². The zero-order valence-electron chi connectivity index (χ0n) is 13.8. The highest BCUT2D eigenvalue weighted by Gasteiger charge is 2.23. The van der Waals surface area contributed by atoms with E-state index in [-0.39, 0.29) is 18.4 Å². The number of benzene rings is 1. The molecule has 0 saturated carbocycles. The summed E-state index contributed by atoms with van der Waals surface area (Å²) in [6, 6.07) is 4.87. The molecule has 4 nitrogen and oxygen atoms in total. The third kappa shape index (κ3) is 4.17. The Morgan fingerprint density at radius 1 is 1.20 bits per heavy atom. The number of fused-ring (bicyclic) bond motifs is 1. The number of hydrogen-bond acceptors (Lipinski definition) is 3. The summed E-state index contributed by atoms with van der Waals surface area (Å²) in [4.78, 5) is 27.6. The first-order chi connectivity index (χ1) is 12.0. The number of nitrogens with zero attached hydrogens (tertiary/aromatic N) is 1. The average Bonchev–Trinajstić information content (AvgIpc) is 3.01. The Hall–Kier alpha value is -1.56. The second-order valence-electron chi connectivity index (χ2n) is 6.10. The SMILES string of the molecule is CN(CC(=O)Nc1ccc(Cl)c(Cl)c1)C(=O)c1csc2c1CCCC2. The van der Waals surface area contributed by atoms with Crippen molar-refractivity contribution in [3.8, 4) is 0 Å². The van der Waals surface area contributed by atoms with Gasteiger partial charge in [0.25, 0.3) is 5.91 Å². The molecule has 2 amide bonds. The third-order valence-electron chi connectivity index (χ3n) is 4.22. The smallest absolute Gasteiger partial charge is 0.255 e. The van der Waals surface area contributed by atoms with Crippen molar-refractivity contribution < 1.29 is 9.59 Å². The number of amides is 2. The molecule has 0 spiro atoms. The van der Waals surface area contributed by atoms with E-state index in [1.165, 1.54) is 16.2 Å². The van der Waals surface area contributed by atoms with Crippen LogP contribution in [0.15, 0.2) is 23.6 Å². The molecule has 3 rings (SSSR count). The monoisotopic (exact) mass is 396 g/mol. The molecule has 25 heavy (non-hydrogen) atoms. The molecule has 1 N–H and O–H groups in total. The van der Waals surface area contributed by atoms with Gasteiger partial charge >= 0.3 is 0 Å². The standard InChI is InChI=1S/C18H18Cl2N2O2S/c1-22(9-17(23)21-11-6-7-14(19)15(20)8-11)18(24)13-10-25-16-5-3-2-4-12(13)16/h6-8,10H,2-5,9H2,1H3,(H,21,23). The van der Waals surface area contributed by atoms with Gasteiger partial charge in [0.2, 0.25) is 5.91 Å². The van der Waals surface area contributed by atoms with Gasteiger partial charge in [-0.25, -0.2) is 0 Å². The van der Waals surface area contributed by atoms with Crippen molar-refractivity contribution >= 4 is 52.0 Å². The van der Waals surface area contributed by atoms with Crippen LogP contribution in [0.2, 0.25) is 10.0 Å². The van der Waals surface area contributed by atoms with Gasteiger partial charge in [-0.1, -0.05) is 23.2 Å². The highest BCUT2D eigenvalue weighted by molar-refractivity contribution is 7.10. The lowest BCUT2D eigenvalue weighted by atomic mass is 9.95. The fourth-order valence-electron chi connectivity index (χ4n) is 2.94. The Balaban J connectivity index is 1.64. The number of anilines is 1. The van der Waals surface area contributed by atoms with E-state index < -0.39 is 0 Å². The normalized spacial score (nSPS) is 13.2. The lowest BCUT2D eigenvalue weighted by Crippen LogP contribution is -2.35. The van der Waals surface area contributed by atoms with Crippen molar-refractivity contribution in [3.05, 3.63) is 49.6 Å². The van der Waals surface area contributed by atoms with Crippen LogP contribution < -0.4 is 5.32 Å². The molecule has 0 fully saturated rings. The van der Waals surface area contributed by atoms with Crippen LogP contribution in [0.25, 0.3) is 0 Å². The predicted molar refractivity (Wildman–Crippen MR) is 103 cm³/mol. The third-order valence-corrected chi connectivity index (χ3v) is 6.05. The van der Waals surface area contributed by atoms with Crippen molar-refractivity contribution in [1.29, 1.82) is 0 Å². The number of likely N-dealkylation sites (N-methyl/N-ethyl adjacent to an activating group) is 1. The summed E-state index contributed by atoms with van der Waals surface area (Å²) in [6.07, 6.45) is 4.30. The van der Waals surface area contributed by atoms with E-state index in [9.17, 15) is 9.59 Å². The van der Waals surface area contributed by atoms with Crippen LogP contribution in [-0.4, -0.2) is 30.3 Å². The maximum Gasteiger partial charge on any atom is 0.255 e. The fourth-order valence-corrected chi connectivity index (χ4v) is 4.36. The first kappa shape index (κ1) is 18.2. The maximum absolute atomic E-state index is 12.7. The van der Waals surface area contributed by atoms with Crippen LogP contribution in [0.4, 0.5) is 5.69 Å². The molecular formula is C18H18Cl2N2O2S. The fraction of sp³-hybridized carbons (Fsp3) is 0.333. The zero-order valence-corrected chi connectivity index (χ0v) is 16.1. The van der Waals surface area contributed by atoms with Crippen molar-refractivity contribution in [3.63, 3.8) is 0 Å². The maximum atomic E-state index is 12.7. The van der Waals surface area contributed by atoms with Crippen LogP contribution in [0.3, 0.4) is 0 Å². The Morgan fingerprint density at radius 3 is 2.72 bits per heavy atom. The number of rotatable bonds is 4. The number of carbonyl (C=O) groups is 2. The average molecular weight is 397 g/mol. The lowest BCUT2D eigenvalue weighted by Gasteiger charge is -2.19. The van der Waals surface area contributed by atoms with Crippen molar-refractivity contribution in [2.24, 2.45) is 0 Å². The lowest BCUT2D eigenvalue weighted by molar-refractivity contribution is -0.116. The van der Waals surface area contributed by atoms with E-state index in [0.717, 1.165) is 30.4 Å². The second kappa shape index (κ2) is 7.77. The zero-order chi connectivity index (χ0) is 18.0. The Kier molecular flexibility index (Phi) is 5.67. The number of aryl methyl sites for hydroxylation is 1. The number of carbonyl (C=O) groups excluding carboxylic acids is 2. The van der Waals surface area contributed by atoms with Gasteiger partial charge < -0.3 is 10.2 Å². The molecule has 0 aliphatic heterocycles. The van der Waals surface area contributed by atoms with Crippen LogP contribution in [0.1, 0.15) is 33.6 Å². The first-order valence-electron chi connectivity index (χ1n) is 8.05. The Labute approximate surface area is 160 Å². The summed E-state index contributed by atoms with van der Waals surface area (Å²) in [6.45, 7) is -0.0241. The molecule has 0 saturated heterocycles. The summed E-state index contributed by atoms with van der Waals surface area (Å²) in [7, 11) is 1.64. The molecule has 0 atom stereocenters. The van der Waals surface area contributed by atoms with Crippen LogP contribution in [0, 0.1) is 0 Å². The molecule has 2 aromatic rings. The van der Waals surface area contributed by atoms with E-state index in [4.69, 9.17) is 23.2 Å². The minimum Gasteiger partial charge on any atom is -0.332 e. The molecule has 1 aromatic carbocycles.